The van der Waals surface area contributed by atoms with Crippen LogP contribution in [0.5, 0.6) is 0 Å². The van der Waals surface area contributed by atoms with E-state index in [1.54, 1.807) is 37.3 Å². The lowest BCUT2D eigenvalue weighted by Crippen LogP contribution is -2.27. The van der Waals surface area contributed by atoms with E-state index < -0.39 is 10.0 Å². The van der Waals surface area contributed by atoms with Crippen molar-refractivity contribution in [3.05, 3.63) is 27.8 Å². The predicted octanol–water partition coefficient (Wildman–Crippen LogP) is 1.84. The minimum Gasteiger partial charge on any atom is -0.272 e. The Morgan fingerprint density at radius 2 is 1.95 bits per heavy atom. The molecule has 0 fully saturated rings. The predicted molar refractivity (Wildman–Crippen MR) is 86.9 cm³/mol. The van der Waals surface area contributed by atoms with Crippen LogP contribution in [0.2, 0.25) is 0 Å². The summed E-state index contributed by atoms with van der Waals surface area (Å²) >= 11 is 3.42. The van der Waals surface area contributed by atoms with Crippen molar-refractivity contribution >= 4 is 26.0 Å². The standard InChI is InChI=1S/C13H20BrN5O2S/c1-6-19-7-11(14)12(16-19)8-17(4)22(20,21)13-9(2)15-18(5)10(13)3/h7H,6,8H2,1-5H3. The first-order valence-corrected chi connectivity index (χ1v) is 9.10. The summed E-state index contributed by atoms with van der Waals surface area (Å²) in [5.41, 5.74) is 1.82. The summed E-state index contributed by atoms with van der Waals surface area (Å²) in [6.07, 6.45) is 1.84. The van der Waals surface area contributed by atoms with Gasteiger partial charge in [0.2, 0.25) is 10.0 Å². The number of hydrogen-bond acceptors (Lipinski definition) is 4. The van der Waals surface area contributed by atoms with Gasteiger partial charge in [-0.2, -0.15) is 14.5 Å². The van der Waals surface area contributed by atoms with E-state index in [9.17, 15) is 8.42 Å². The number of hydrogen-bond donors (Lipinski definition) is 0. The number of aromatic nitrogens is 4. The Kier molecular flexibility index (Phi) is 4.78. The maximum atomic E-state index is 12.8. The molecule has 0 spiro atoms. The average Bonchev–Trinajstić information content (AvgIpc) is 2.90. The van der Waals surface area contributed by atoms with Gasteiger partial charge in [0.25, 0.3) is 0 Å². The van der Waals surface area contributed by atoms with Crippen LogP contribution in [0.15, 0.2) is 15.6 Å². The van der Waals surface area contributed by atoms with Crippen LogP contribution >= 0.6 is 15.9 Å². The molecule has 0 saturated heterocycles. The second-order valence-corrected chi connectivity index (χ2v) is 8.00. The molecular formula is C13H20BrN5O2S. The van der Waals surface area contributed by atoms with Gasteiger partial charge in [-0.1, -0.05) is 0 Å². The molecule has 0 bridgehead atoms. The normalized spacial score (nSPS) is 12.3. The maximum absolute atomic E-state index is 12.8. The molecule has 2 heterocycles. The lowest BCUT2D eigenvalue weighted by molar-refractivity contribution is 0.457. The van der Waals surface area contributed by atoms with E-state index in [0.717, 1.165) is 11.0 Å². The third-order valence-electron chi connectivity index (χ3n) is 3.59. The molecule has 0 unspecified atom stereocenters. The SMILES string of the molecule is CCn1cc(Br)c(CN(C)S(=O)(=O)c2c(C)nn(C)c2C)n1. The summed E-state index contributed by atoms with van der Waals surface area (Å²) in [7, 11) is -0.321. The first kappa shape index (κ1) is 17.2. The molecule has 0 atom stereocenters. The van der Waals surface area contributed by atoms with Crippen molar-refractivity contribution < 1.29 is 8.42 Å². The molecule has 9 heteroatoms. The van der Waals surface area contributed by atoms with Crippen molar-refractivity contribution in [1.29, 1.82) is 0 Å². The van der Waals surface area contributed by atoms with Crippen LogP contribution < -0.4 is 0 Å². The van der Waals surface area contributed by atoms with Crippen LogP contribution in [-0.2, 0) is 30.2 Å². The van der Waals surface area contributed by atoms with Gasteiger partial charge >= 0.3 is 0 Å². The van der Waals surface area contributed by atoms with Crippen LogP contribution in [0, 0.1) is 13.8 Å². The van der Waals surface area contributed by atoms with Gasteiger partial charge in [-0.25, -0.2) is 8.42 Å². The number of nitrogens with zero attached hydrogens (tertiary/aromatic N) is 5. The second-order valence-electron chi connectivity index (χ2n) is 5.16. The van der Waals surface area contributed by atoms with E-state index in [-0.39, 0.29) is 11.4 Å². The van der Waals surface area contributed by atoms with Crippen LogP contribution in [-0.4, -0.2) is 39.3 Å². The van der Waals surface area contributed by atoms with Crippen molar-refractivity contribution in [2.45, 2.75) is 38.8 Å². The Hall–Kier alpha value is -1.19. The number of sulfonamides is 1. The van der Waals surface area contributed by atoms with Crippen molar-refractivity contribution in [1.82, 2.24) is 23.9 Å². The van der Waals surface area contributed by atoms with Gasteiger partial charge in [-0.3, -0.25) is 9.36 Å². The number of aryl methyl sites for hydroxylation is 3. The molecule has 22 heavy (non-hydrogen) atoms. The molecule has 0 N–H and O–H groups in total. The third-order valence-corrected chi connectivity index (χ3v) is 6.31. The molecule has 7 nitrogen and oxygen atoms in total. The smallest absolute Gasteiger partial charge is 0.246 e. The second kappa shape index (κ2) is 6.13. The highest BCUT2D eigenvalue weighted by Crippen LogP contribution is 2.24. The van der Waals surface area contributed by atoms with Crippen LogP contribution in [0.25, 0.3) is 0 Å². The van der Waals surface area contributed by atoms with Gasteiger partial charge in [0.15, 0.2) is 0 Å². The summed E-state index contributed by atoms with van der Waals surface area (Å²) in [4.78, 5) is 0.267. The molecule has 0 aliphatic rings. The Bertz CT molecular complexity index is 794. The zero-order valence-corrected chi connectivity index (χ0v) is 15.7. The number of rotatable bonds is 5. The van der Waals surface area contributed by atoms with Crippen molar-refractivity contribution in [2.24, 2.45) is 7.05 Å². The van der Waals surface area contributed by atoms with Gasteiger partial charge in [-0.15, -0.1) is 0 Å². The van der Waals surface area contributed by atoms with Gasteiger partial charge in [0, 0.05) is 26.8 Å². The molecule has 0 saturated carbocycles. The van der Waals surface area contributed by atoms with Crippen molar-refractivity contribution in [3.8, 4) is 0 Å². The maximum Gasteiger partial charge on any atom is 0.246 e. The summed E-state index contributed by atoms with van der Waals surface area (Å²) < 4.78 is 31.1. The molecule has 0 aliphatic carbocycles. The molecule has 0 radical (unpaired) electrons. The Balaban J connectivity index is 2.35. The van der Waals surface area contributed by atoms with Crippen LogP contribution in [0.1, 0.15) is 24.0 Å². The van der Waals surface area contributed by atoms with Gasteiger partial charge in [0.1, 0.15) is 4.90 Å². The monoisotopic (exact) mass is 389 g/mol. The minimum absolute atomic E-state index is 0.198. The largest absolute Gasteiger partial charge is 0.272 e. The topological polar surface area (TPSA) is 73.0 Å². The van der Waals surface area contributed by atoms with E-state index in [2.05, 4.69) is 26.1 Å². The van der Waals surface area contributed by atoms with E-state index in [4.69, 9.17) is 0 Å². The fourth-order valence-electron chi connectivity index (χ4n) is 2.29. The van der Waals surface area contributed by atoms with E-state index >= 15 is 0 Å². The average molecular weight is 390 g/mol. The summed E-state index contributed by atoms with van der Waals surface area (Å²) in [6.45, 7) is 6.36. The van der Waals surface area contributed by atoms with Crippen LogP contribution in [0.3, 0.4) is 0 Å². The third kappa shape index (κ3) is 2.97. The van der Waals surface area contributed by atoms with Crippen molar-refractivity contribution in [2.75, 3.05) is 7.05 Å². The first-order chi connectivity index (χ1) is 10.2. The lowest BCUT2D eigenvalue weighted by Gasteiger charge is -2.16. The Morgan fingerprint density at radius 3 is 2.41 bits per heavy atom. The summed E-state index contributed by atoms with van der Waals surface area (Å²) in [5.74, 6) is 0. The van der Waals surface area contributed by atoms with Gasteiger partial charge in [-0.05, 0) is 36.7 Å². The molecule has 2 rings (SSSR count). The molecule has 2 aromatic heterocycles. The molecule has 0 aromatic carbocycles. The molecular weight excluding hydrogens is 370 g/mol. The van der Waals surface area contributed by atoms with Crippen molar-refractivity contribution in [3.63, 3.8) is 0 Å². The first-order valence-electron chi connectivity index (χ1n) is 6.86. The number of halogens is 1. The summed E-state index contributed by atoms with van der Waals surface area (Å²) in [5, 5.41) is 8.55. The zero-order valence-electron chi connectivity index (χ0n) is 13.3. The highest BCUT2D eigenvalue weighted by atomic mass is 79.9. The molecule has 2 aromatic rings. The highest BCUT2D eigenvalue weighted by Gasteiger charge is 2.29. The lowest BCUT2D eigenvalue weighted by atomic mass is 10.4. The molecule has 122 valence electrons. The molecule has 0 amide bonds. The molecule has 0 aliphatic heterocycles. The fourth-order valence-corrected chi connectivity index (χ4v) is 4.25. The zero-order chi connectivity index (χ0) is 16.7. The van der Waals surface area contributed by atoms with Gasteiger partial charge in [0.05, 0.1) is 28.1 Å². The van der Waals surface area contributed by atoms with E-state index in [1.807, 2.05) is 13.1 Å². The summed E-state index contributed by atoms with van der Waals surface area (Å²) in [6, 6.07) is 0. The van der Waals surface area contributed by atoms with Crippen LogP contribution in [0.4, 0.5) is 0 Å². The Labute approximate surface area is 139 Å². The quantitative estimate of drug-likeness (QED) is 0.781. The van der Waals surface area contributed by atoms with E-state index in [1.165, 1.54) is 4.31 Å². The minimum atomic E-state index is -3.61. The van der Waals surface area contributed by atoms with Gasteiger partial charge < -0.3 is 0 Å². The van der Waals surface area contributed by atoms with E-state index in [0.29, 0.717) is 17.1 Å². The fraction of sp³-hybridized carbons (Fsp3) is 0.538. The Morgan fingerprint density at radius 1 is 1.32 bits per heavy atom. The highest BCUT2D eigenvalue weighted by molar-refractivity contribution is 9.10.